The maximum atomic E-state index is 12.7. The summed E-state index contributed by atoms with van der Waals surface area (Å²) in [4.78, 5) is 16.1. The average molecular weight is 458 g/mol. The highest BCUT2D eigenvalue weighted by Gasteiger charge is 2.41. The number of benzene rings is 2. The number of aryl methyl sites for hydroxylation is 1. The summed E-state index contributed by atoms with van der Waals surface area (Å²) in [5.74, 6) is -1.37. The molecule has 3 rings (SSSR count). The predicted molar refractivity (Wildman–Crippen MR) is 120 cm³/mol. The molecule has 0 bridgehead atoms. The van der Waals surface area contributed by atoms with Gasteiger partial charge in [0.25, 0.3) is 0 Å². The zero-order valence-electron chi connectivity index (χ0n) is 18.3. The Balaban J connectivity index is 1.62. The largest absolute Gasteiger partial charge is 0.488 e. The number of hydrogen-bond donors (Lipinski definition) is 1. The zero-order valence-corrected chi connectivity index (χ0v) is 18.3. The van der Waals surface area contributed by atoms with Crippen molar-refractivity contribution in [1.82, 2.24) is 4.98 Å². The molecular weight excluding hydrogens is 433 g/mol. The summed E-state index contributed by atoms with van der Waals surface area (Å²) in [6.07, 6.45) is -1.36. The molecule has 2 aromatic carbocycles. The quantitative estimate of drug-likeness (QED) is 0.514. The van der Waals surface area contributed by atoms with Crippen molar-refractivity contribution in [2.75, 3.05) is 11.9 Å². The molecule has 2 atom stereocenters. The van der Waals surface area contributed by atoms with Crippen molar-refractivity contribution in [3.63, 3.8) is 0 Å². The van der Waals surface area contributed by atoms with Gasteiger partial charge >= 0.3 is 12.1 Å². The molecule has 0 aliphatic heterocycles. The van der Waals surface area contributed by atoms with Crippen molar-refractivity contribution in [2.45, 2.75) is 38.1 Å². The highest BCUT2D eigenvalue weighted by molar-refractivity contribution is 5.97. The van der Waals surface area contributed by atoms with Crippen LogP contribution in [0, 0.1) is 0 Å². The summed E-state index contributed by atoms with van der Waals surface area (Å²) in [6.45, 7) is 1.79. The van der Waals surface area contributed by atoms with Gasteiger partial charge in [-0.3, -0.25) is 9.78 Å². The summed E-state index contributed by atoms with van der Waals surface area (Å²) in [6, 6.07) is 17.1. The molecule has 1 unspecified atom stereocenters. The molecule has 0 aliphatic rings. The number of aliphatic hydroxyl groups excluding tert-OH is 1. The number of hydrogen-bond acceptors (Lipinski definition) is 4. The van der Waals surface area contributed by atoms with Crippen molar-refractivity contribution < 1.29 is 27.8 Å². The molecule has 1 heterocycles. The number of carbonyl (C=O) groups excluding carboxylic acids is 1. The summed E-state index contributed by atoms with van der Waals surface area (Å²) in [7, 11) is 1.09. The van der Waals surface area contributed by atoms with E-state index in [2.05, 4.69) is 4.98 Å². The van der Waals surface area contributed by atoms with Crippen LogP contribution >= 0.6 is 0 Å². The number of alkyl halides is 3. The normalized spacial score (nSPS) is 13.3. The second-order valence-corrected chi connectivity index (χ2v) is 7.73. The third kappa shape index (κ3) is 6.55. The summed E-state index contributed by atoms with van der Waals surface area (Å²) >= 11 is 0. The van der Waals surface area contributed by atoms with E-state index < -0.39 is 24.3 Å². The lowest BCUT2D eigenvalue weighted by Crippen LogP contribution is -2.38. The van der Waals surface area contributed by atoms with Crippen molar-refractivity contribution >= 4 is 11.6 Å². The molecule has 0 saturated carbocycles. The van der Waals surface area contributed by atoms with Gasteiger partial charge in [-0.25, -0.2) is 0 Å². The Morgan fingerprint density at radius 1 is 1.09 bits per heavy atom. The molecule has 5 nitrogen and oxygen atoms in total. The number of halogens is 3. The molecule has 1 amide bonds. The highest BCUT2D eigenvalue weighted by atomic mass is 19.4. The van der Waals surface area contributed by atoms with E-state index in [1.54, 1.807) is 55.7 Å². The van der Waals surface area contributed by atoms with Gasteiger partial charge in [0.2, 0.25) is 0 Å². The van der Waals surface area contributed by atoms with Crippen molar-refractivity contribution in [3.05, 3.63) is 78.6 Å². The van der Waals surface area contributed by atoms with E-state index in [1.165, 1.54) is 12.1 Å². The fourth-order valence-electron chi connectivity index (χ4n) is 3.32. The molecule has 1 N–H and O–H groups in total. The minimum atomic E-state index is -4.94. The van der Waals surface area contributed by atoms with Crippen LogP contribution in [0.15, 0.2) is 73.1 Å². The Morgan fingerprint density at radius 3 is 2.45 bits per heavy atom. The minimum Gasteiger partial charge on any atom is -0.488 e. The number of anilines is 1. The first kappa shape index (κ1) is 24.3. The van der Waals surface area contributed by atoms with E-state index in [9.17, 15) is 23.1 Å². The smallest absolute Gasteiger partial charge is 0.471 e. The van der Waals surface area contributed by atoms with E-state index in [4.69, 9.17) is 4.74 Å². The molecule has 0 radical (unpaired) electrons. The lowest BCUT2D eigenvalue weighted by molar-refractivity contribution is -0.170. The topological polar surface area (TPSA) is 62.7 Å². The van der Waals surface area contributed by atoms with E-state index >= 15 is 0 Å². The Hall–Kier alpha value is -3.39. The first-order valence-electron chi connectivity index (χ1n) is 10.4. The number of carbonyl (C=O) groups is 1. The van der Waals surface area contributed by atoms with Crippen LogP contribution in [0.2, 0.25) is 0 Å². The summed E-state index contributed by atoms with van der Waals surface area (Å²) < 4.78 is 44.0. The van der Waals surface area contributed by atoms with Gasteiger partial charge in [0.05, 0.1) is 6.10 Å². The lowest BCUT2D eigenvalue weighted by Gasteiger charge is -2.21. The summed E-state index contributed by atoms with van der Waals surface area (Å²) in [5.41, 5.74) is 2.59. The average Bonchev–Trinajstić information content (AvgIpc) is 2.82. The molecule has 1 aromatic heterocycles. The zero-order chi connectivity index (χ0) is 24.0. The Bertz CT molecular complexity index is 1060. The SMILES string of the molecule is C[C@H](Oc1ccc(-c2cccc(N(C)C(=O)C(F)(F)F)c2)cc1)C(O)CCc1cccnc1. The number of nitrogens with zero attached hydrogens (tertiary/aromatic N) is 2. The molecular formula is C25H25F3N2O3. The molecule has 0 fully saturated rings. The van der Waals surface area contributed by atoms with Crippen LogP contribution in [-0.2, 0) is 11.2 Å². The van der Waals surface area contributed by atoms with Crippen LogP contribution in [0.1, 0.15) is 18.9 Å². The second-order valence-electron chi connectivity index (χ2n) is 7.73. The number of rotatable bonds is 8. The number of aromatic nitrogens is 1. The number of amides is 1. The Morgan fingerprint density at radius 2 is 1.82 bits per heavy atom. The van der Waals surface area contributed by atoms with Crippen LogP contribution < -0.4 is 9.64 Å². The van der Waals surface area contributed by atoms with Crippen molar-refractivity contribution in [1.29, 1.82) is 0 Å². The fourth-order valence-corrected chi connectivity index (χ4v) is 3.32. The van der Waals surface area contributed by atoms with Gasteiger partial charge in [0.15, 0.2) is 0 Å². The van der Waals surface area contributed by atoms with Gasteiger partial charge < -0.3 is 14.7 Å². The molecule has 0 saturated heterocycles. The second kappa shape index (κ2) is 10.5. The van der Waals surface area contributed by atoms with Crippen LogP contribution in [0.3, 0.4) is 0 Å². The Labute approximate surface area is 190 Å². The van der Waals surface area contributed by atoms with Gasteiger partial charge in [-0.15, -0.1) is 0 Å². The third-order valence-electron chi connectivity index (χ3n) is 5.28. The van der Waals surface area contributed by atoms with E-state index in [1.807, 2.05) is 12.1 Å². The molecule has 0 aliphatic carbocycles. The van der Waals surface area contributed by atoms with Crippen molar-refractivity contribution in [3.8, 4) is 16.9 Å². The first-order chi connectivity index (χ1) is 15.6. The van der Waals surface area contributed by atoms with Crippen LogP contribution in [0.4, 0.5) is 18.9 Å². The van der Waals surface area contributed by atoms with Crippen molar-refractivity contribution in [2.24, 2.45) is 0 Å². The summed E-state index contributed by atoms with van der Waals surface area (Å²) in [5, 5.41) is 10.4. The standard InChI is InChI=1S/C25H25F3N2O3/c1-17(23(31)13-8-18-5-4-14-29-16-18)33-22-11-9-19(10-12-22)20-6-3-7-21(15-20)30(2)24(32)25(26,27)28/h3-7,9-12,14-17,23,31H,8,13H2,1-2H3/t17-,23?/m0/s1. The lowest BCUT2D eigenvalue weighted by atomic mass is 10.0. The number of ether oxygens (including phenoxy) is 1. The maximum Gasteiger partial charge on any atom is 0.471 e. The first-order valence-corrected chi connectivity index (χ1v) is 10.4. The molecule has 33 heavy (non-hydrogen) atoms. The van der Waals surface area contributed by atoms with Gasteiger partial charge in [-0.1, -0.05) is 30.3 Å². The van der Waals surface area contributed by atoms with E-state index in [0.717, 1.165) is 18.2 Å². The van der Waals surface area contributed by atoms with Gasteiger partial charge in [-0.05, 0) is 66.8 Å². The molecule has 8 heteroatoms. The molecule has 174 valence electrons. The van der Waals surface area contributed by atoms with Gasteiger partial charge in [0, 0.05) is 25.1 Å². The monoisotopic (exact) mass is 458 g/mol. The molecule has 3 aromatic rings. The fraction of sp³-hybridized carbons (Fsp3) is 0.280. The minimum absolute atomic E-state index is 0.139. The van der Waals surface area contributed by atoms with Gasteiger partial charge in [-0.2, -0.15) is 13.2 Å². The Kier molecular flexibility index (Phi) is 7.71. The molecule has 0 spiro atoms. The number of aliphatic hydroxyl groups is 1. The highest BCUT2D eigenvalue weighted by Crippen LogP contribution is 2.28. The number of pyridine rings is 1. The van der Waals surface area contributed by atoms with Crippen LogP contribution in [-0.4, -0.2) is 41.4 Å². The predicted octanol–water partition coefficient (Wildman–Crippen LogP) is 5.03. The maximum absolute atomic E-state index is 12.7. The third-order valence-corrected chi connectivity index (χ3v) is 5.28. The van der Waals surface area contributed by atoms with E-state index in [0.29, 0.717) is 29.1 Å². The van der Waals surface area contributed by atoms with Gasteiger partial charge in [0.1, 0.15) is 11.9 Å². The van der Waals surface area contributed by atoms with E-state index in [-0.39, 0.29) is 5.69 Å². The van der Waals surface area contributed by atoms with Crippen LogP contribution in [0.25, 0.3) is 11.1 Å². The van der Waals surface area contributed by atoms with Crippen LogP contribution in [0.5, 0.6) is 5.75 Å².